The van der Waals surface area contributed by atoms with E-state index < -0.39 is 0 Å². The number of carbonyl (C=O) groups is 1. The lowest BCUT2D eigenvalue weighted by Crippen LogP contribution is -2.19. The van der Waals surface area contributed by atoms with E-state index in [0.29, 0.717) is 16.5 Å². The van der Waals surface area contributed by atoms with Gasteiger partial charge in [-0.25, -0.2) is 9.97 Å². The van der Waals surface area contributed by atoms with E-state index in [1.54, 1.807) is 24.4 Å². The molecule has 1 fully saturated rings. The number of rotatable bonds is 4. The Kier molecular flexibility index (Phi) is 4.35. The monoisotopic (exact) mass is 310 g/mol. The van der Waals surface area contributed by atoms with Crippen molar-refractivity contribution >= 4 is 28.4 Å². The van der Waals surface area contributed by atoms with Gasteiger partial charge in [0.05, 0.1) is 11.6 Å². The topological polar surface area (TPSA) is 78.7 Å². The molecule has 1 N–H and O–H groups in total. The van der Waals surface area contributed by atoms with Crippen molar-refractivity contribution in [2.24, 2.45) is 5.92 Å². The van der Waals surface area contributed by atoms with Crippen molar-refractivity contribution in [3.05, 3.63) is 42.1 Å². The van der Waals surface area contributed by atoms with Crippen molar-refractivity contribution < 1.29 is 4.79 Å². The van der Waals surface area contributed by atoms with Crippen LogP contribution < -0.4 is 5.32 Å². The minimum absolute atomic E-state index is 0.154. The molecule has 2 aromatic rings. The first kappa shape index (κ1) is 14.5. The van der Waals surface area contributed by atoms with E-state index in [1.165, 1.54) is 0 Å². The second-order valence-electron chi connectivity index (χ2n) is 5.09. The van der Waals surface area contributed by atoms with E-state index in [4.69, 9.17) is 5.26 Å². The highest BCUT2D eigenvalue weighted by molar-refractivity contribution is 8.13. The van der Waals surface area contributed by atoms with Crippen LogP contribution in [0, 0.1) is 17.2 Å². The smallest absolute Gasteiger partial charge is 0.199 e. The zero-order valence-corrected chi connectivity index (χ0v) is 12.6. The van der Waals surface area contributed by atoms with Crippen molar-refractivity contribution in [3.8, 4) is 6.07 Å². The predicted molar refractivity (Wildman–Crippen MR) is 84.7 cm³/mol. The van der Waals surface area contributed by atoms with E-state index in [1.807, 2.05) is 12.1 Å². The maximum absolute atomic E-state index is 12.0. The third kappa shape index (κ3) is 3.43. The first-order valence-corrected chi connectivity index (χ1v) is 7.88. The van der Waals surface area contributed by atoms with Gasteiger partial charge in [0, 0.05) is 17.8 Å². The first-order valence-electron chi connectivity index (χ1n) is 7.06. The van der Waals surface area contributed by atoms with Gasteiger partial charge < -0.3 is 5.32 Å². The summed E-state index contributed by atoms with van der Waals surface area (Å²) in [5.41, 5.74) is 1.44. The Morgan fingerprint density at radius 2 is 2.05 bits per heavy atom. The maximum atomic E-state index is 12.0. The first-order chi connectivity index (χ1) is 10.7. The predicted octanol–water partition coefficient (Wildman–Crippen LogP) is 3.51. The highest BCUT2D eigenvalue weighted by atomic mass is 32.2. The summed E-state index contributed by atoms with van der Waals surface area (Å²) in [7, 11) is 0. The third-order valence-electron chi connectivity index (χ3n) is 3.55. The lowest BCUT2D eigenvalue weighted by molar-refractivity contribution is -0.116. The van der Waals surface area contributed by atoms with Gasteiger partial charge in [-0.1, -0.05) is 6.42 Å². The molecule has 0 saturated heterocycles. The van der Waals surface area contributed by atoms with Crippen molar-refractivity contribution in [1.29, 1.82) is 5.26 Å². The second kappa shape index (κ2) is 6.58. The standard InChI is InChI=1S/C16H14N4OS/c17-10-11-4-6-13(7-5-11)19-14-8-9-18-16(20-14)22-15(21)12-2-1-3-12/h4-9,12H,1-3H2,(H,18,19,20). The molecule has 110 valence electrons. The summed E-state index contributed by atoms with van der Waals surface area (Å²) >= 11 is 1.11. The van der Waals surface area contributed by atoms with Crippen LogP contribution in [-0.4, -0.2) is 15.1 Å². The summed E-state index contributed by atoms with van der Waals surface area (Å²) in [6, 6.07) is 10.9. The number of aromatic nitrogens is 2. The molecule has 6 heteroatoms. The number of carbonyl (C=O) groups excluding carboxylic acids is 1. The number of nitriles is 1. The van der Waals surface area contributed by atoms with Crippen LogP contribution in [0.2, 0.25) is 0 Å². The van der Waals surface area contributed by atoms with Gasteiger partial charge in [-0.3, -0.25) is 4.79 Å². The van der Waals surface area contributed by atoms with Gasteiger partial charge in [0.25, 0.3) is 0 Å². The average molecular weight is 310 g/mol. The average Bonchev–Trinajstić information content (AvgIpc) is 2.46. The van der Waals surface area contributed by atoms with Crippen molar-refractivity contribution in [1.82, 2.24) is 9.97 Å². The molecule has 1 aromatic carbocycles. The molecule has 22 heavy (non-hydrogen) atoms. The van der Waals surface area contributed by atoms with E-state index >= 15 is 0 Å². The Labute approximate surface area is 132 Å². The zero-order valence-electron chi connectivity index (χ0n) is 11.8. The van der Waals surface area contributed by atoms with Gasteiger partial charge in [-0.05, 0) is 54.9 Å². The molecule has 0 bridgehead atoms. The van der Waals surface area contributed by atoms with Crippen LogP contribution in [0.4, 0.5) is 11.5 Å². The molecular weight excluding hydrogens is 296 g/mol. The lowest BCUT2D eigenvalue weighted by Gasteiger charge is -2.22. The van der Waals surface area contributed by atoms with Crippen LogP contribution in [0.15, 0.2) is 41.7 Å². The summed E-state index contributed by atoms with van der Waals surface area (Å²) in [6.07, 6.45) is 4.73. The zero-order chi connectivity index (χ0) is 15.4. The normalized spacial score (nSPS) is 14.0. The number of thioether (sulfide) groups is 1. The quantitative estimate of drug-likeness (QED) is 0.687. The largest absolute Gasteiger partial charge is 0.340 e. The lowest BCUT2D eigenvalue weighted by atomic mass is 9.87. The van der Waals surface area contributed by atoms with Gasteiger partial charge in [0.2, 0.25) is 0 Å². The SMILES string of the molecule is N#Cc1ccc(Nc2ccnc(SC(=O)C3CCC3)n2)cc1. The molecule has 1 heterocycles. The summed E-state index contributed by atoms with van der Waals surface area (Å²) in [5.74, 6) is 0.798. The van der Waals surface area contributed by atoms with Gasteiger partial charge in [0.15, 0.2) is 10.3 Å². The van der Waals surface area contributed by atoms with Gasteiger partial charge >= 0.3 is 0 Å². The maximum Gasteiger partial charge on any atom is 0.199 e. The number of nitrogens with one attached hydrogen (secondary N) is 1. The molecule has 1 aliphatic rings. The number of hydrogen-bond donors (Lipinski definition) is 1. The molecule has 0 aliphatic heterocycles. The molecule has 1 aliphatic carbocycles. The number of hydrogen-bond acceptors (Lipinski definition) is 6. The Morgan fingerprint density at radius 3 is 2.68 bits per heavy atom. The molecule has 0 atom stereocenters. The van der Waals surface area contributed by atoms with Crippen LogP contribution in [0.25, 0.3) is 0 Å². The Morgan fingerprint density at radius 1 is 1.27 bits per heavy atom. The highest BCUT2D eigenvalue weighted by Crippen LogP contribution is 2.33. The number of nitrogens with zero attached hydrogens (tertiary/aromatic N) is 3. The Bertz CT molecular complexity index is 720. The van der Waals surface area contributed by atoms with E-state index in [9.17, 15) is 4.79 Å². The highest BCUT2D eigenvalue weighted by Gasteiger charge is 2.26. The minimum atomic E-state index is 0.154. The fourth-order valence-corrected chi connectivity index (χ4v) is 2.89. The van der Waals surface area contributed by atoms with Crippen molar-refractivity contribution in [3.63, 3.8) is 0 Å². The summed E-state index contributed by atoms with van der Waals surface area (Å²) in [5, 5.41) is 12.5. The van der Waals surface area contributed by atoms with Crippen LogP contribution in [0.1, 0.15) is 24.8 Å². The summed E-state index contributed by atoms with van der Waals surface area (Å²) < 4.78 is 0. The molecule has 5 nitrogen and oxygen atoms in total. The van der Waals surface area contributed by atoms with E-state index in [0.717, 1.165) is 36.7 Å². The summed E-state index contributed by atoms with van der Waals surface area (Å²) in [4.78, 5) is 20.5. The van der Waals surface area contributed by atoms with Crippen LogP contribution >= 0.6 is 11.8 Å². The number of benzene rings is 1. The molecule has 3 rings (SSSR count). The Hall–Kier alpha value is -2.39. The molecule has 0 amide bonds. The van der Waals surface area contributed by atoms with E-state index in [2.05, 4.69) is 21.4 Å². The van der Waals surface area contributed by atoms with Crippen molar-refractivity contribution in [2.75, 3.05) is 5.32 Å². The fourth-order valence-electron chi connectivity index (χ4n) is 2.05. The van der Waals surface area contributed by atoms with Crippen LogP contribution in [-0.2, 0) is 4.79 Å². The molecule has 1 saturated carbocycles. The fraction of sp³-hybridized carbons (Fsp3) is 0.250. The third-order valence-corrected chi connectivity index (χ3v) is 4.46. The van der Waals surface area contributed by atoms with Gasteiger partial charge in [-0.2, -0.15) is 5.26 Å². The molecule has 0 radical (unpaired) electrons. The summed E-state index contributed by atoms with van der Waals surface area (Å²) in [6.45, 7) is 0. The van der Waals surface area contributed by atoms with E-state index in [-0.39, 0.29) is 11.0 Å². The van der Waals surface area contributed by atoms with Gasteiger partial charge in [0.1, 0.15) is 5.82 Å². The number of anilines is 2. The minimum Gasteiger partial charge on any atom is -0.340 e. The van der Waals surface area contributed by atoms with Crippen LogP contribution in [0.3, 0.4) is 0 Å². The Balaban J connectivity index is 1.67. The van der Waals surface area contributed by atoms with Crippen LogP contribution in [0.5, 0.6) is 0 Å². The molecule has 0 unspecified atom stereocenters. The van der Waals surface area contributed by atoms with Crippen molar-refractivity contribution in [2.45, 2.75) is 24.4 Å². The molecule has 0 spiro atoms. The second-order valence-corrected chi connectivity index (χ2v) is 6.06. The molecule has 1 aromatic heterocycles. The van der Waals surface area contributed by atoms with Gasteiger partial charge in [-0.15, -0.1) is 0 Å². The molecular formula is C16H14N4OS.